The van der Waals surface area contributed by atoms with Crippen LogP contribution in [0.3, 0.4) is 0 Å². The lowest BCUT2D eigenvalue weighted by atomic mass is 10.2. The Labute approximate surface area is 151 Å². The van der Waals surface area contributed by atoms with Gasteiger partial charge in [0.05, 0.1) is 22.0 Å². The van der Waals surface area contributed by atoms with Crippen LogP contribution in [-0.2, 0) is 0 Å². The minimum absolute atomic E-state index is 0.0291. The molecule has 0 saturated carbocycles. The predicted molar refractivity (Wildman–Crippen MR) is 89.8 cm³/mol. The van der Waals surface area contributed by atoms with Crippen molar-refractivity contribution in [3.05, 3.63) is 64.8 Å². The maximum absolute atomic E-state index is 13.9. The quantitative estimate of drug-likeness (QED) is 0.537. The van der Waals surface area contributed by atoms with Crippen molar-refractivity contribution in [2.24, 2.45) is 0 Å². The highest BCUT2D eigenvalue weighted by Gasteiger charge is 2.20. The second kappa shape index (κ2) is 6.30. The van der Waals surface area contributed by atoms with E-state index in [1.807, 2.05) is 0 Å². The molecule has 2 aromatic carbocycles. The van der Waals surface area contributed by atoms with Gasteiger partial charge in [-0.2, -0.15) is 4.98 Å². The Morgan fingerprint density at radius 2 is 1.88 bits per heavy atom. The van der Waals surface area contributed by atoms with Gasteiger partial charge in [0.1, 0.15) is 11.6 Å². The highest BCUT2D eigenvalue weighted by Crippen LogP contribution is 2.26. The Morgan fingerprint density at radius 1 is 1.08 bits per heavy atom. The summed E-state index contributed by atoms with van der Waals surface area (Å²) in [4.78, 5) is 4.19. The third-order valence-electron chi connectivity index (χ3n) is 3.79. The van der Waals surface area contributed by atoms with Crippen LogP contribution >= 0.6 is 11.6 Å². The SMILES string of the molecule is Cc1c(-c2nc(-c3ccccc3F)no2)nnn1-c1ccc(F)c(Cl)c1. The lowest BCUT2D eigenvalue weighted by molar-refractivity contribution is 0.430. The molecular formula is C17H10ClF2N5O. The van der Waals surface area contributed by atoms with E-state index in [1.54, 1.807) is 25.1 Å². The van der Waals surface area contributed by atoms with Gasteiger partial charge in [-0.05, 0) is 37.3 Å². The fourth-order valence-electron chi connectivity index (χ4n) is 2.46. The lowest BCUT2D eigenvalue weighted by Crippen LogP contribution is -1.99. The van der Waals surface area contributed by atoms with Gasteiger partial charge >= 0.3 is 0 Å². The molecule has 2 heterocycles. The first-order valence-corrected chi connectivity index (χ1v) is 7.89. The summed E-state index contributed by atoms with van der Waals surface area (Å²) in [6.45, 7) is 1.74. The number of aromatic nitrogens is 5. The molecule has 0 aliphatic carbocycles. The van der Waals surface area contributed by atoms with E-state index in [1.165, 1.54) is 28.9 Å². The highest BCUT2D eigenvalue weighted by molar-refractivity contribution is 6.30. The van der Waals surface area contributed by atoms with Crippen molar-refractivity contribution in [3.63, 3.8) is 0 Å². The number of nitrogens with zero attached hydrogens (tertiary/aromatic N) is 5. The molecule has 4 rings (SSSR count). The summed E-state index contributed by atoms with van der Waals surface area (Å²) in [6.07, 6.45) is 0. The number of halogens is 3. The molecule has 6 nitrogen and oxygen atoms in total. The second-order valence-electron chi connectivity index (χ2n) is 5.44. The molecule has 0 aliphatic heterocycles. The molecule has 2 aromatic heterocycles. The molecule has 0 fully saturated rings. The summed E-state index contributed by atoms with van der Waals surface area (Å²) < 4.78 is 33.9. The standard InChI is InChI=1S/C17H10ClF2N5O/c1-9-15(22-24-25(9)10-6-7-14(20)12(18)8-10)17-21-16(23-26-17)11-4-2-3-5-13(11)19/h2-8H,1H3. The summed E-state index contributed by atoms with van der Waals surface area (Å²) in [5.41, 5.74) is 1.66. The zero-order valence-corrected chi connectivity index (χ0v) is 14.1. The first-order chi connectivity index (χ1) is 12.5. The van der Waals surface area contributed by atoms with E-state index in [-0.39, 0.29) is 22.3 Å². The molecule has 130 valence electrons. The van der Waals surface area contributed by atoms with Crippen LogP contribution in [0, 0.1) is 18.6 Å². The smallest absolute Gasteiger partial charge is 0.280 e. The van der Waals surface area contributed by atoms with Crippen molar-refractivity contribution in [2.75, 3.05) is 0 Å². The maximum Gasteiger partial charge on any atom is 0.280 e. The highest BCUT2D eigenvalue weighted by atomic mass is 35.5. The van der Waals surface area contributed by atoms with Crippen LogP contribution in [0.15, 0.2) is 47.0 Å². The largest absolute Gasteiger partial charge is 0.332 e. The second-order valence-corrected chi connectivity index (χ2v) is 5.84. The van der Waals surface area contributed by atoms with Crippen LogP contribution in [0.25, 0.3) is 28.7 Å². The van der Waals surface area contributed by atoms with Crippen molar-refractivity contribution >= 4 is 11.6 Å². The van der Waals surface area contributed by atoms with Crippen molar-refractivity contribution in [3.8, 4) is 28.7 Å². The summed E-state index contributed by atoms with van der Waals surface area (Å²) in [7, 11) is 0. The zero-order chi connectivity index (χ0) is 18.3. The molecule has 0 unspecified atom stereocenters. The normalized spacial score (nSPS) is 11.1. The predicted octanol–water partition coefficient (Wildman–Crippen LogP) is 4.22. The van der Waals surface area contributed by atoms with Gasteiger partial charge < -0.3 is 4.52 Å². The molecular weight excluding hydrogens is 364 g/mol. The fourth-order valence-corrected chi connectivity index (χ4v) is 2.64. The molecule has 4 aromatic rings. The van der Waals surface area contributed by atoms with E-state index in [0.29, 0.717) is 17.1 Å². The molecule has 26 heavy (non-hydrogen) atoms. The van der Waals surface area contributed by atoms with E-state index >= 15 is 0 Å². The summed E-state index contributed by atoms with van der Waals surface area (Å²) >= 11 is 5.81. The van der Waals surface area contributed by atoms with Gasteiger partial charge in [-0.15, -0.1) is 5.10 Å². The Morgan fingerprint density at radius 3 is 2.65 bits per heavy atom. The first kappa shape index (κ1) is 16.3. The topological polar surface area (TPSA) is 69.6 Å². The molecule has 0 spiro atoms. The van der Waals surface area contributed by atoms with Crippen LogP contribution in [0.2, 0.25) is 5.02 Å². The van der Waals surface area contributed by atoms with Crippen molar-refractivity contribution in [2.45, 2.75) is 6.92 Å². The third-order valence-corrected chi connectivity index (χ3v) is 4.08. The fraction of sp³-hybridized carbons (Fsp3) is 0.0588. The van der Waals surface area contributed by atoms with E-state index < -0.39 is 11.6 Å². The third kappa shape index (κ3) is 2.74. The Kier molecular flexibility index (Phi) is 3.96. The van der Waals surface area contributed by atoms with E-state index in [4.69, 9.17) is 16.1 Å². The molecule has 0 aliphatic rings. The van der Waals surface area contributed by atoms with Crippen molar-refractivity contribution in [1.29, 1.82) is 0 Å². The number of hydrogen-bond acceptors (Lipinski definition) is 5. The van der Waals surface area contributed by atoms with Crippen molar-refractivity contribution in [1.82, 2.24) is 25.1 Å². The molecule has 9 heteroatoms. The van der Waals surface area contributed by atoms with E-state index in [2.05, 4.69) is 20.5 Å². The average Bonchev–Trinajstić information content (AvgIpc) is 3.24. The summed E-state index contributed by atoms with van der Waals surface area (Å²) in [6, 6.07) is 10.3. The van der Waals surface area contributed by atoms with Crippen molar-refractivity contribution < 1.29 is 13.3 Å². The monoisotopic (exact) mass is 373 g/mol. The Hall–Kier alpha value is -3.13. The molecule has 0 atom stereocenters. The molecule has 0 N–H and O–H groups in total. The first-order valence-electron chi connectivity index (χ1n) is 7.51. The van der Waals surface area contributed by atoms with Crippen LogP contribution in [0.1, 0.15) is 5.69 Å². The Balaban J connectivity index is 1.73. The van der Waals surface area contributed by atoms with Gasteiger partial charge in [0.15, 0.2) is 5.69 Å². The minimum Gasteiger partial charge on any atom is -0.332 e. The van der Waals surface area contributed by atoms with Gasteiger partial charge in [0, 0.05) is 0 Å². The molecule has 0 saturated heterocycles. The summed E-state index contributed by atoms with van der Waals surface area (Å²) in [5.74, 6) is -0.780. The molecule has 0 bridgehead atoms. The van der Waals surface area contributed by atoms with E-state index in [9.17, 15) is 8.78 Å². The van der Waals surface area contributed by atoms with Crippen LogP contribution in [0.5, 0.6) is 0 Å². The van der Waals surface area contributed by atoms with Gasteiger partial charge in [-0.3, -0.25) is 0 Å². The Bertz CT molecular complexity index is 1110. The van der Waals surface area contributed by atoms with Crippen LogP contribution in [0.4, 0.5) is 8.78 Å². The van der Waals surface area contributed by atoms with Gasteiger partial charge in [0.2, 0.25) is 5.82 Å². The van der Waals surface area contributed by atoms with E-state index in [0.717, 1.165) is 0 Å². The van der Waals surface area contributed by atoms with Gasteiger partial charge in [-0.25, -0.2) is 13.5 Å². The van der Waals surface area contributed by atoms with Crippen LogP contribution < -0.4 is 0 Å². The van der Waals surface area contributed by atoms with Crippen LogP contribution in [-0.4, -0.2) is 25.1 Å². The van der Waals surface area contributed by atoms with Gasteiger partial charge in [-0.1, -0.05) is 34.1 Å². The minimum atomic E-state index is -0.528. The molecule has 0 radical (unpaired) electrons. The summed E-state index contributed by atoms with van der Waals surface area (Å²) in [5, 5.41) is 11.8. The lowest BCUT2D eigenvalue weighted by Gasteiger charge is -2.04. The number of hydrogen-bond donors (Lipinski definition) is 0. The average molecular weight is 374 g/mol. The number of rotatable bonds is 3. The molecule has 0 amide bonds. The van der Waals surface area contributed by atoms with Gasteiger partial charge in [0.25, 0.3) is 5.89 Å². The zero-order valence-electron chi connectivity index (χ0n) is 13.3. The maximum atomic E-state index is 13.9. The number of benzene rings is 2.